The number of aliphatic hydroxyl groups excluding tert-OH is 1. The molecule has 0 aromatic heterocycles. The third-order valence-corrected chi connectivity index (χ3v) is 4.32. The van der Waals surface area contributed by atoms with Gasteiger partial charge in [-0.25, -0.2) is 0 Å². The summed E-state index contributed by atoms with van der Waals surface area (Å²) < 4.78 is 11.6. The van der Waals surface area contributed by atoms with Gasteiger partial charge in [0.15, 0.2) is 6.29 Å². The fourth-order valence-electron chi connectivity index (χ4n) is 2.77. The molecule has 0 bridgehead atoms. The maximum absolute atomic E-state index is 9.13. The van der Waals surface area contributed by atoms with Gasteiger partial charge in [0, 0.05) is 26.2 Å². The van der Waals surface area contributed by atoms with Crippen molar-refractivity contribution in [2.75, 3.05) is 19.8 Å². The highest BCUT2D eigenvalue weighted by molar-refractivity contribution is 4.51. The van der Waals surface area contributed by atoms with Gasteiger partial charge >= 0.3 is 0 Å². The largest absolute Gasteiger partial charge is 0.396 e. The van der Waals surface area contributed by atoms with Crippen LogP contribution in [-0.2, 0) is 9.47 Å². The van der Waals surface area contributed by atoms with Crippen molar-refractivity contribution < 1.29 is 14.6 Å². The van der Waals surface area contributed by atoms with Crippen molar-refractivity contribution >= 4 is 0 Å². The summed E-state index contributed by atoms with van der Waals surface area (Å²) in [5.41, 5.74) is 0. The highest BCUT2D eigenvalue weighted by atomic mass is 16.7. The molecule has 0 fully saturated rings. The van der Waals surface area contributed by atoms with Crippen LogP contribution in [0.1, 0.15) is 98.3 Å². The van der Waals surface area contributed by atoms with Crippen LogP contribution in [0.5, 0.6) is 0 Å². The minimum Gasteiger partial charge on any atom is -0.396 e. The van der Waals surface area contributed by atoms with Crippen molar-refractivity contribution in [2.24, 2.45) is 11.8 Å². The van der Waals surface area contributed by atoms with Gasteiger partial charge in [0.2, 0.25) is 0 Å². The summed E-state index contributed by atoms with van der Waals surface area (Å²) in [5, 5.41) is 9.13. The lowest BCUT2D eigenvalue weighted by molar-refractivity contribution is -0.151. The standard InChI is InChI=1S/C21H44O3/c1-19(2)13-9-5-7-11-17-23-21(15-16-22)24-18-12-8-6-10-14-20(3)4/h19-22H,5-18H2,1-4H3. The van der Waals surface area contributed by atoms with Crippen molar-refractivity contribution in [3.63, 3.8) is 0 Å². The Labute approximate surface area is 151 Å². The van der Waals surface area contributed by atoms with E-state index in [0.29, 0.717) is 6.42 Å². The SMILES string of the molecule is CC(C)CCCCCCOC(CCO)OCCCCCCC(C)C. The number of hydrogen-bond donors (Lipinski definition) is 1. The summed E-state index contributed by atoms with van der Waals surface area (Å²) >= 11 is 0. The van der Waals surface area contributed by atoms with Gasteiger partial charge in [-0.1, -0.05) is 79.1 Å². The van der Waals surface area contributed by atoms with Crippen molar-refractivity contribution in [3.05, 3.63) is 0 Å². The van der Waals surface area contributed by atoms with Crippen LogP contribution in [0, 0.1) is 11.8 Å². The molecule has 24 heavy (non-hydrogen) atoms. The van der Waals surface area contributed by atoms with Crippen LogP contribution < -0.4 is 0 Å². The van der Waals surface area contributed by atoms with Gasteiger partial charge in [0.25, 0.3) is 0 Å². The number of rotatable bonds is 18. The van der Waals surface area contributed by atoms with Crippen LogP contribution in [0.2, 0.25) is 0 Å². The van der Waals surface area contributed by atoms with Crippen LogP contribution in [0.4, 0.5) is 0 Å². The molecule has 3 nitrogen and oxygen atoms in total. The molecule has 0 aliphatic carbocycles. The zero-order valence-corrected chi connectivity index (χ0v) is 16.9. The fraction of sp³-hybridized carbons (Fsp3) is 1.00. The Morgan fingerprint density at radius 1 is 0.583 bits per heavy atom. The van der Waals surface area contributed by atoms with Gasteiger partial charge in [-0.15, -0.1) is 0 Å². The Kier molecular flexibility index (Phi) is 17.6. The van der Waals surface area contributed by atoms with E-state index in [1.165, 1.54) is 51.4 Å². The third-order valence-electron chi connectivity index (χ3n) is 4.32. The zero-order valence-electron chi connectivity index (χ0n) is 16.9. The summed E-state index contributed by atoms with van der Waals surface area (Å²) in [7, 11) is 0. The second kappa shape index (κ2) is 17.7. The second-order valence-electron chi connectivity index (χ2n) is 7.88. The Morgan fingerprint density at radius 2 is 1.00 bits per heavy atom. The molecule has 0 unspecified atom stereocenters. The maximum Gasteiger partial charge on any atom is 0.159 e. The summed E-state index contributed by atoms with van der Waals surface area (Å²) in [6.07, 6.45) is 12.9. The lowest BCUT2D eigenvalue weighted by atomic mass is 10.0. The topological polar surface area (TPSA) is 38.7 Å². The zero-order chi connectivity index (χ0) is 18.0. The first-order valence-corrected chi connectivity index (χ1v) is 10.4. The molecule has 0 saturated carbocycles. The van der Waals surface area contributed by atoms with Crippen molar-refractivity contribution in [1.29, 1.82) is 0 Å². The van der Waals surface area contributed by atoms with Gasteiger partial charge in [-0.3, -0.25) is 0 Å². The van der Waals surface area contributed by atoms with E-state index < -0.39 is 0 Å². The van der Waals surface area contributed by atoms with Crippen molar-refractivity contribution in [3.8, 4) is 0 Å². The average Bonchev–Trinajstić information content (AvgIpc) is 2.52. The van der Waals surface area contributed by atoms with E-state index in [4.69, 9.17) is 14.6 Å². The maximum atomic E-state index is 9.13. The minimum atomic E-state index is -0.221. The molecular weight excluding hydrogens is 300 g/mol. The van der Waals surface area contributed by atoms with Crippen LogP contribution in [0.3, 0.4) is 0 Å². The summed E-state index contributed by atoms with van der Waals surface area (Å²) in [6.45, 7) is 10.8. The first-order chi connectivity index (χ1) is 11.6. The molecule has 0 aromatic carbocycles. The molecule has 0 saturated heterocycles. The second-order valence-corrected chi connectivity index (χ2v) is 7.88. The Bertz CT molecular complexity index is 219. The molecule has 0 atom stereocenters. The monoisotopic (exact) mass is 344 g/mol. The van der Waals surface area contributed by atoms with Gasteiger partial charge in [0.1, 0.15) is 0 Å². The number of aliphatic hydroxyl groups is 1. The van der Waals surface area contributed by atoms with Crippen LogP contribution in [0.25, 0.3) is 0 Å². The van der Waals surface area contributed by atoms with E-state index in [2.05, 4.69) is 27.7 Å². The first kappa shape index (κ1) is 23.9. The molecule has 0 spiro atoms. The van der Waals surface area contributed by atoms with Gasteiger partial charge in [0.05, 0.1) is 0 Å². The van der Waals surface area contributed by atoms with Crippen LogP contribution in [-0.4, -0.2) is 31.2 Å². The van der Waals surface area contributed by atoms with E-state index >= 15 is 0 Å². The number of unbranched alkanes of at least 4 members (excludes halogenated alkanes) is 6. The molecule has 0 aliphatic rings. The van der Waals surface area contributed by atoms with Crippen LogP contribution in [0.15, 0.2) is 0 Å². The molecule has 0 aromatic rings. The predicted octanol–water partition coefficient (Wildman–Crippen LogP) is 5.94. The summed E-state index contributed by atoms with van der Waals surface area (Å²) in [5.74, 6) is 1.63. The number of ether oxygens (including phenoxy) is 2. The number of hydrogen-bond acceptors (Lipinski definition) is 3. The molecule has 0 amide bonds. The molecule has 0 radical (unpaired) electrons. The summed E-state index contributed by atoms with van der Waals surface area (Å²) in [4.78, 5) is 0. The molecule has 0 heterocycles. The van der Waals surface area contributed by atoms with E-state index in [0.717, 1.165) is 37.9 Å². The Morgan fingerprint density at radius 3 is 1.38 bits per heavy atom. The lowest BCUT2D eigenvalue weighted by Gasteiger charge is -2.18. The smallest absolute Gasteiger partial charge is 0.159 e. The molecular formula is C21H44O3. The predicted molar refractivity (Wildman–Crippen MR) is 103 cm³/mol. The highest BCUT2D eigenvalue weighted by Gasteiger charge is 2.08. The van der Waals surface area contributed by atoms with E-state index in [1.807, 2.05) is 0 Å². The first-order valence-electron chi connectivity index (χ1n) is 10.4. The highest BCUT2D eigenvalue weighted by Crippen LogP contribution is 2.12. The fourth-order valence-corrected chi connectivity index (χ4v) is 2.77. The van der Waals surface area contributed by atoms with E-state index in [9.17, 15) is 0 Å². The summed E-state index contributed by atoms with van der Waals surface area (Å²) in [6, 6.07) is 0. The van der Waals surface area contributed by atoms with E-state index in [1.54, 1.807) is 0 Å². The lowest BCUT2D eigenvalue weighted by Crippen LogP contribution is -2.20. The van der Waals surface area contributed by atoms with Gasteiger partial charge in [-0.2, -0.15) is 0 Å². The Balaban J connectivity index is 3.49. The van der Waals surface area contributed by atoms with Gasteiger partial charge < -0.3 is 14.6 Å². The van der Waals surface area contributed by atoms with Crippen molar-refractivity contribution in [1.82, 2.24) is 0 Å². The quantitative estimate of drug-likeness (QED) is 0.247. The normalized spacial score (nSPS) is 12.0. The van der Waals surface area contributed by atoms with Crippen molar-refractivity contribution in [2.45, 2.75) is 105 Å². The molecule has 0 aliphatic heterocycles. The molecule has 1 N–H and O–H groups in total. The van der Waals surface area contributed by atoms with Gasteiger partial charge in [-0.05, 0) is 24.7 Å². The van der Waals surface area contributed by atoms with E-state index in [-0.39, 0.29) is 12.9 Å². The third kappa shape index (κ3) is 18.2. The van der Waals surface area contributed by atoms with Crippen LogP contribution >= 0.6 is 0 Å². The average molecular weight is 345 g/mol. The molecule has 0 rings (SSSR count). The molecule has 3 heteroatoms. The minimum absolute atomic E-state index is 0.132. The Hall–Kier alpha value is -0.120. The molecule has 146 valence electrons.